The fourth-order valence-electron chi connectivity index (χ4n) is 3.13. The van der Waals surface area contributed by atoms with E-state index in [1.54, 1.807) is 0 Å². The highest BCUT2D eigenvalue weighted by atomic mass is 32.2. The summed E-state index contributed by atoms with van der Waals surface area (Å²) in [5, 5.41) is 3.73. The molecule has 1 aromatic rings. The Bertz CT molecular complexity index is 389. The molecule has 19 heavy (non-hydrogen) atoms. The van der Waals surface area contributed by atoms with Crippen molar-refractivity contribution in [2.24, 2.45) is 0 Å². The molecule has 1 N–H and O–H groups in total. The minimum atomic E-state index is 0.202. The summed E-state index contributed by atoms with van der Waals surface area (Å²) in [5.41, 5.74) is 1.63. The third-order valence-electron chi connectivity index (χ3n) is 4.25. The lowest BCUT2D eigenvalue weighted by atomic mass is 9.90. The van der Waals surface area contributed by atoms with Gasteiger partial charge in [-0.05, 0) is 43.5 Å². The zero-order valence-electron chi connectivity index (χ0n) is 11.4. The molecular formula is C16H23NOS. The first-order chi connectivity index (χ1) is 9.36. The van der Waals surface area contributed by atoms with E-state index in [1.165, 1.54) is 36.3 Å². The second kappa shape index (κ2) is 6.29. The summed E-state index contributed by atoms with van der Waals surface area (Å²) in [7, 11) is 0. The van der Waals surface area contributed by atoms with Gasteiger partial charge in [-0.2, -0.15) is 11.8 Å². The lowest BCUT2D eigenvalue weighted by Gasteiger charge is -2.38. The minimum absolute atomic E-state index is 0.202. The van der Waals surface area contributed by atoms with E-state index >= 15 is 0 Å². The Morgan fingerprint density at radius 3 is 3.00 bits per heavy atom. The van der Waals surface area contributed by atoms with Crippen LogP contribution in [0.1, 0.15) is 24.8 Å². The molecule has 2 saturated heterocycles. The molecular weight excluding hydrogens is 254 g/mol. The first kappa shape index (κ1) is 13.5. The van der Waals surface area contributed by atoms with Crippen molar-refractivity contribution in [1.29, 1.82) is 0 Å². The molecule has 2 unspecified atom stereocenters. The van der Waals surface area contributed by atoms with E-state index in [2.05, 4.69) is 35.6 Å². The zero-order valence-corrected chi connectivity index (χ0v) is 12.3. The Labute approximate surface area is 120 Å². The van der Waals surface area contributed by atoms with Crippen molar-refractivity contribution < 1.29 is 4.74 Å². The highest BCUT2D eigenvalue weighted by Crippen LogP contribution is 2.38. The van der Waals surface area contributed by atoms with E-state index in [0.717, 1.165) is 19.6 Å². The summed E-state index contributed by atoms with van der Waals surface area (Å²) in [6, 6.07) is 11.4. The number of benzene rings is 1. The largest absolute Gasteiger partial charge is 0.374 e. The lowest BCUT2D eigenvalue weighted by Crippen LogP contribution is -2.47. The van der Waals surface area contributed by atoms with Crippen LogP contribution in [0.25, 0.3) is 0 Å². The minimum Gasteiger partial charge on any atom is -0.374 e. The predicted octanol–water partition coefficient (Wildman–Crippen LogP) is 2.87. The van der Waals surface area contributed by atoms with Crippen LogP contribution in [-0.4, -0.2) is 36.3 Å². The van der Waals surface area contributed by atoms with Crippen LogP contribution in [-0.2, 0) is 11.2 Å². The first-order valence-corrected chi connectivity index (χ1v) is 8.51. The third kappa shape index (κ3) is 3.53. The molecule has 2 aliphatic heterocycles. The summed E-state index contributed by atoms with van der Waals surface area (Å²) in [6.45, 7) is 2.02. The number of rotatable bonds is 4. The normalized spacial score (nSPS) is 30.8. The Morgan fingerprint density at radius 1 is 1.32 bits per heavy atom. The SMILES string of the molecule is c1ccc(CCNC2CCOC3(CCSC3)C2)cc1. The molecule has 0 amide bonds. The van der Waals surface area contributed by atoms with Gasteiger partial charge in [0.05, 0.1) is 5.60 Å². The van der Waals surface area contributed by atoms with Crippen LogP contribution < -0.4 is 5.32 Å². The van der Waals surface area contributed by atoms with Gasteiger partial charge < -0.3 is 10.1 Å². The van der Waals surface area contributed by atoms with Gasteiger partial charge in [0, 0.05) is 18.4 Å². The average Bonchev–Trinajstić information content (AvgIpc) is 2.88. The topological polar surface area (TPSA) is 21.3 Å². The summed E-state index contributed by atoms with van der Waals surface area (Å²) in [5.74, 6) is 2.47. The van der Waals surface area contributed by atoms with Gasteiger partial charge in [0.2, 0.25) is 0 Å². The second-order valence-corrected chi connectivity index (χ2v) is 6.82. The van der Waals surface area contributed by atoms with Crippen LogP contribution in [0, 0.1) is 0 Å². The van der Waals surface area contributed by atoms with Crippen LogP contribution in [0.2, 0.25) is 0 Å². The maximum atomic E-state index is 6.06. The van der Waals surface area contributed by atoms with Crippen LogP contribution in [0.4, 0.5) is 0 Å². The fourth-order valence-corrected chi connectivity index (χ4v) is 4.51. The smallest absolute Gasteiger partial charge is 0.0795 e. The average molecular weight is 277 g/mol. The zero-order chi connectivity index (χ0) is 13.0. The molecule has 2 nitrogen and oxygen atoms in total. The van der Waals surface area contributed by atoms with E-state index in [1.807, 2.05) is 11.8 Å². The highest BCUT2D eigenvalue weighted by molar-refractivity contribution is 7.99. The Kier molecular flexibility index (Phi) is 4.46. The molecule has 2 fully saturated rings. The molecule has 0 radical (unpaired) electrons. The number of hydrogen-bond donors (Lipinski definition) is 1. The van der Waals surface area contributed by atoms with E-state index in [-0.39, 0.29) is 5.60 Å². The quantitative estimate of drug-likeness (QED) is 0.914. The van der Waals surface area contributed by atoms with Gasteiger partial charge in [0.15, 0.2) is 0 Å². The van der Waals surface area contributed by atoms with Crippen molar-refractivity contribution in [3.63, 3.8) is 0 Å². The molecule has 2 aliphatic rings. The molecule has 0 aromatic heterocycles. The molecule has 1 spiro atoms. The summed E-state index contributed by atoms with van der Waals surface area (Å²) >= 11 is 2.05. The molecule has 0 aliphatic carbocycles. The summed E-state index contributed by atoms with van der Waals surface area (Å²) < 4.78 is 6.06. The van der Waals surface area contributed by atoms with Crippen LogP contribution in [0.5, 0.6) is 0 Å². The van der Waals surface area contributed by atoms with Crippen LogP contribution >= 0.6 is 11.8 Å². The van der Waals surface area contributed by atoms with Crippen molar-refractivity contribution >= 4 is 11.8 Å². The Morgan fingerprint density at radius 2 is 2.21 bits per heavy atom. The van der Waals surface area contributed by atoms with Gasteiger partial charge >= 0.3 is 0 Å². The van der Waals surface area contributed by atoms with Crippen molar-refractivity contribution in [1.82, 2.24) is 5.32 Å². The van der Waals surface area contributed by atoms with E-state index in [0.29, 0.717) is 6.04 Å². The van der Waals surface area contributed by atoms with Gasteiger partial charge in [0.25, 0.3) is 0 Å². The maximum absolute atomic E-state index is 6.06. The van der Waals surface area contributed by atoms with Crippen molar-refractivity contribution in [3.05, 3.63) is 35.9 Å². The van der Waals surface area contributed by atoms with Gasteiger partial charge in [0.1, 0.15) is 0 Å². The Hall–Kier alpha value is -0.510. The highest BCUT2D eigenvalue weighted by Gasteiger charge is 2.40. The van der Waals surface area contributed by atoms with Crippen molar-refractivity contribution in [3.8, 4) is 0 Å². The molecule has 0 bridgehead atoms. The fraction of sp³-hybridized carbons (Fsp3) is 0.625. The summed E-state index contributed by atoms with van der Waals surface area (Å²) in [6.07, 6.45) is 4.74. The molecule has 104 valence electrons. The van der Waals surface area contributed by atoms with E-state index in [9.17, 15) is 0 Å². The van der Waals surface area contributed by atoms with E-state index < -0.39 is 0 Å². The van der Waals surface area contributed by atoms with Crippen molar-refractivity contribution in [2.75, 3.05) is 24.7 Å². The van der Waals surface area contributed by atoms with Gasteiger partial charge in [-0.3, -0.25) is 0 Å². The molecule has 2 atom stereocenters. The second-order valence-electron chi connectivity index (χ2n) is 5.71. The van der Waals surface area contributed by atoms with Gasteiger partial charge in [-0.25, -0.2) is 0 Å². The molecule has 2 heterocycles. The van der Waals surface area contributed by atoms with Crippen LogP contribution in [0.15, 0.2) is 30.3 Å². The van der Waals surface area contributed by atoms with Gasteiger partial charge in [-0.1, -0.05) is 30.3 Å². The first-order valence-electron chi connectivity index (χ1n) is 7.35. The van der Waals surface area contributed by atoms with Crippen LogP contribution in [0.3, 0.4) is 0 Å². The molecule has 3 rings (SSSR count). The maximum Gasteiger partial charge on any atom is 0.0795 e. The standard InChI is InChI=1S/C16H23NOS/c1-2-4-14(5-3-1)6-9-17-15-7-10-18-16(12-15)8-11-19-13-16/h1-5,15,17H,6-13H2. The molecule has 1 aromatic carbocycles. The number of thioether (sulfide) groups is 1. The molecule has 0 saturated carbocycles. The van der Waals surface area contributed by atoms with E-state index in [4.69, 9.17) is 4.74 Å². The van der Waals surface area contributed by atoms with Crippen molar-refractivity contribution in [2.45, 2.75) is 37.3 Å². The Balaban J connectivity index is 1.45. The van der Waals surface area contributed by atoms with Gasteiger partial charge in [-0.15, -0.1) is 0 Å². The third-order valence-corrected chi connectivity index (χ3v) is 5.47. The summed E-state index contributed by atoms with van der Waals surface area (Å²) in [4.78, 5) is 0. The monoisotopic (exact) mass is 277 g/mol. The number of nitrogens with one attached hydrogen (secondary N) is 1. The number of hydrogen-bond acceptors (Lipinski definition) is 3. The molecule has 3 heteroatoms. The predicted molar refractivity (Wildman–Crippen MR) is 81.8 cm³/mol. The lowest BCUT2D eigenvalue weighted by molar-refractivity contribution is -0.0699. The number of ether oxygens (including phenoxy) is 1.